The normalized spacial score (nSPS) is 12.5. The summed E-state index contributed by atoms with van der Waals surface area (Å²) >= 11 is 0. The van der Waals surface area contributed by atoms with Crippen LogP contribution in [0.2, 0.25) is 0 Å². The molecule has 0 bridgehead atoms. The monoisotopic (exact) mass is 178 g/mol. The van der Waals surface area contributed by atoms with E-state index in [0.29, 0.717) is 12.8 Å². The number of allylic oxidation sites excluding steroid dienone is 2. The van der Waals surface area contributed by atoms with Crippen LogP contribution >= 0.6 is 0 Å². The van der Waals surface area contributed by atoms with Crippen LogP contribution in [-0.4, -0.2) is 18.7 Å². The molecule has 0 radical (unpaired) electrons. The first-order chi connectivity index (χ1) is 5.06. The summed E-state index contributed by atoms with van der Waals surface area (Å²) in [5, 5.41) is 0. The van der Waals surface area contributed by atoms with Gasteiger partial charge in [-0.2, -0.15) is 8.42 Å². The Kier molecular flexibility index (Phi) is 5.15. The molecule has 0 spiro atoms. The summed E-state index contributed by atoms with van der Waals surface area (Å²) in [5.41, 5.74) is 0. The first-order valence-corrected chi connectivity index (χ1v) is 5.27. The lowest BCUT2D eigenvalue weighted by Gasteiger charge is -1.92. The third-order valence-corrected chi connectivity index (χ3v) is 1.98. The number of hydrogen-bond donors (Lipinski definition) is 1. The van der Waals surface area contributed by atoms with E-state index in [2.05, 4.69) is 0 Å². The minimum absolute atomic E-state index is 0.138. The van der Waals surface area contributed by atoms with Crippen LogP contribution in [0.4, 0.5) is 0 Å². The Hall–Kier alpha value is -0.350. The van der Waals surface area contributed by atoms with Crippen LogP contribution < -0.4 is 0 Å². The number of rotatable bonds is 5. The molecule has 0 heterocycles. The van der Waals surface area contributed by atoms with Gasteiger partial charge >= 0.3 is 0 Å². The summed E-state index contributed by atoms with van der Waals surface area (Å²) in [7, 11) is -3.75. The van der Waals surface area contributed by atoms with Crippen molar-refractivity contribution < 1.29 is 13.0 Å². The van der Waals surface area contributed by atoms with Gasteiger partial charge in [0, 0.05) is 0 Å². The smallest absolute Gasteiger partial charge is 0.264 e. The third-order valence-electron chi connectivity index (χ3n) is 1.18. The zero-order chi connectivity index (χ0) is 8.74. The lowest BCUT2D eigenvalue weighted by Crippen LogP contribution is -2.02. The van der Waals surface area contributed by atoms with Crippen LogP contribution in [0.25, 0.3) is 0 Å². The maximum absolute atomic E-state index is 10.2. The Morgan fingerprint density at radius 2 is 2.00 bits per heavy atom. The van der Waals surface area contributed by atoms with Crippen molar-refractivity contribution in [1.29, 1.82) is 0 Å². The van der Waals surface area contributed by atoms with Gasteiger partial charge in [0.1, 0.15) is 0 Å². The first kappa shape index (κ1) is 10.7. The second kappa shape index (κ2) is 5.32. The lowest BCUT2D eigenvalue weighted by molar-refractivity contribution is 0.481. The quantitative estimate of drug-likeness (QED) is 0.395. The molecule has 0 aliphatic rings. The zero-order valence-electron chi connectivity index (χ0n) is 6.66. The molecule has 0 amide bonds. The lowest BCUT2D eigenvalue weighted by atomic mass is 10.3. The van der Waals surface area contributed by atoms with E-state index in [9.17, 15) is 8.42 Å². The molecule has 11 heavy (non-hydrogen) atoms. The van der Waals surface area contributed by atoms with E-state index in [0.717, 1.165) is 6.42 Å². The second-order valence-electron chi connectivity index (χ2n) is 2.31. The molecule has 0 aromatic rings. The molecule has 0 saturated carbocycles. The summed E-state index contributed by atoms with van der Waals surface area (Å²) in [6, 6.07) is 0. The highest BCUT2D eigenvalue weighted by atomic mass is 32.2. The van der Waals surface area contributed by atoms with Crippen molar-refractivity contribution in [2.24, 2.45) is 0 Å². The van der Waals surface area contributed by atoms with Crippen LogP contribution in [0, 0.1) is 0 Å². The van der Waals surface area contributed by atoms with Crippen LogP contribution in [0.3, 0.4) is 0 Å². The Bertz CT molecular complexity index is 204. The summed E-state index contributed by atoms with van der Waals surface area (Å²) in [6.45, 7) is 2.01. The standard InChI is InChI=1S/C7H14O3S/c1-2-3-4-5-6-7-11(8,9)10/h3-4H,2,5-7H2,1H3,(H,8,9,10). The van der Waals surface area contributed by atoms with Crippen molar-refractivity contribution in [3.8, 4) is 0 Å². The summed E-state index contributed by atoms with van der Waals surface area (Å²) in [5.74, 6) is -0.138. The number of unbranched alkanes of at least 4 members (excludes halogenated alkanes) is 1. The molecule has 3 nitrogen and oxygen atoms in total. The van der Waals surface area contributed by atoms with Crippen molar-refractivity contribution in [2.75, 3.05) is 5.75 Å². The molecule has 66 valence electrons. The van der Waals surface area contributed by atoms with E-state index in [-0.39, 0.29) is 5.75 Å². The third kappa shape index (κ3) is 9.65. The molecule has 0 aliphatic heterocycles. The average molecular weight is 178 g/mol. The van der Waals surface area contributed by atoms with E-state index in [1.54, 1.807) is 0 Å². The molecule has 0 aromatic carbocycles. The van der Waals surface area contributed by atoms with Crippen LogP contribution in [0.1, 0.15) is 26.2 Å². The fraction of sp³-hybridized carbons (Fsp3) is 0.714. The second-order valence-corrected chi connectivity index (χ2v) is 3.88. The van der Waals surface area contributed by atoms with E-state index < -0.39 is 10.1 Å². The van der Waals surface area contributed by atoms with Gasteiger partial charge in [-0.25, -0.2) is 0 Å². The van der Waals surface area contributed by atoms with E-state index >= 15 is 0 Å². The maximum atomic E-state index is 10.2. The molecule has 0 fully saturated rings. The average Bonchev–Trinajstić information content (AvgIpc) is 1.85. The van der Waals surface area contributed by atoms with Gasteiger partial charge in [0.25, 0.3) is 10.1 Å². The fourth-order valence-corrected chi connectivity index (χ4v) is 1.20. The molecule has 4 heteroatoms. The van der Waals surface area contributed by atoms with E-state index in [1.807, 2.05) is 19.1 Å². The summed E-state index contributed by atoms with van der Waals surface area (Å²) < 4.78 is 28.7. The fourth-order valence-electron chi connectivity index (χ4n) is 0.668. The van der Waals surface area contributed by atoms with Gasteiger partial charge in [-0.05, 0) is 19.3 Å². The summed E-state index contributed by atoms with van der Waals surface area (Å²) in [6.07, 6.45) is 6.07. The molecule has 0 aromatic heterocycles. The highest BCUT2D eigenvalue weighted by Crippen LogP contribution is 1.95. The van der Waals surface area contributed by atoms with E-state index in [1.165, 1.54) is 0 Å². The molecule has 0 aliphatic carbocycles. The zero-order valence-corrected chi connectivity index (χ0v) is 7.47. The van der Waals surface area contributed by atoms with Gasteiger partial charge in [-0.1, -0.05) is 19.1 Å². The number of hydrogen-bond acceptors (Lipinski definition) is 2. The minimum atomic E-state index is -3.75. The predicted molar refractivity (Wildman–Crippen MR) is 45.1 cm³/mol. The van der Waals surface area contributed by atoms with Crippen molar-refractivity contribution in [3.05, 3.63) is 12.2 Å². The van der Waals surface area contributed by atoms with Gasteiger partial charge in [0.2, 0.25) is 0 Å². The van der Waals surface area contributed by atoms with Gasteiger partial charge in [0.05, 0.1) is 5.75 Å². The topological polar surface area (TPSA) is 54.4 Å². The molecular formula is C7H14O3S. The molecular weight excluding hydrogens is 164 g/mol. The Labute approximate surface area is 67.9 Å². The van der Waals surface area contributed by atoms with Crippen molar-refractivity contribution >= 4 is 10.1 Å². The largest absolute Gasteiger partial charge is 0.286 e. The molecule has 1 N–H and O–H groups in total. The maximum Gasteiger partial charge on any atom is 0.264 e. The highest BCUT2D eigenvalue weighted by molar-refractivity contribution is 7.85. The molecule has 0 rings (SSSR count). The first-order valence-electron chi connectivity index (χ1n) is 3.66. The van der Waals surface area contributed by atoms with Crippen molar-refractivity contribution in [2.45, 2.75) is 26.2 Å². The van der Waals surface area contributed by atoms with Gasteiger partial charge in [0.15, 0.2) is 0 Å². The summed E-state index contributed by atoms with van der Waals surface area (Å²) in [4.78, 5) is 0. The van der Waals surface area contributed by atoms with Gasteiger partial charge < -0.3 is 0 Å². The van der Waals surface area contributed by atoms with Crippen LogP contribution in [0.15, 0.2) is 12.2 Å². The van der Waals surface area contributed by atoms with Gasteiger partial charge in [-0.15, -0.1) is 0 Å². The molecule has 0 atom stereocenters. The van der Waals surface area contributed by atoms with Crippen LogP contribution in [0.5, 0.6) is 0 Å². The van der Waals surface area contributed by atoms with Crippen molar-refractivity contribution in [1.82, 2.24) is 0 Å². The van der Waals surface area contributed by atoms with Gasteiger partial charge in [-0.3, -0.25) is 4.55 Å². The van der Waals surface area contributed by atoms with Crippen molar-refractivity contribution in [3.63, 3.8) is 0 Å². The predicted octanol–water partition coefficient (Wildman–Crippen LogP) is 1.62. The van der Waals surface area contributed by atoms with Crippen LogP contribution in [-0.2, 0) is 10.1 Å². The molecule has 0 unspecified atom stereocenters. The molecule has 0 saturated heterocycles. The Balaban J connectivity index is 3.36. The van der Waals surface area contributed by atoms with E-state index in [4.69, 9.17) is 4.55 Å². The Morgan fingerprint density at radius 1 is 1.36 bits per heavy atom. The Morgan fingerprint density at radius 3 is 2.45 bits per heavy atom. The minimum Gasteiger partial charge on any atom is -0.286 e. The SMILES string of the molecule is CCC=CCCCS(=O)(=O)O. The highest BCUT2D eigenvalue weighted by Gasteiger charge is 2.00.